The fourth-order valence-corrected chi connectivity index (χ4v) is 15.0. The number of thioether (sulfide) groups is 1. The molecule has 0 saturated carbocycles. The van der Waals surface area contributed by atoms with Gasteiger partial charge in [0.05, 0.1) is 59.7 Å². The number of fused-ring (bicyclic) bond motifs is 5. The summed E-state index contributed by atoms with van der Waals surface area (Å²) in [4.78, 5) is 129. The summed E-state index contributed by atoms with van der Waals surface area (Å²) in [7, 11) is 0. The highest BCUT2D eigenvalue weighted by Gasteiger charge is 2.47. The van der Waals surface area contributed by atoms with E-state index in [0.29, 0.717) is 86.2 Å². The third-order valence-electron chi connectivity index (χ3n) is 20.7. The molecule has 14 rings (SSSR count). The molecular weight excluding hydrogens is 1520 g/mol. The minimum absolute atomic E-state index is 0.00764. The summed E-state index contributed by atoms with van der Waals surface area (Å²) in [5.74, 6) is -4.57. The minimum Gasteiger partial charge on any atom is -0.511 e. The highest BCUT2D eigenvalue weighted by molar-refractivity contribution is 7.99. The number of nitrogens with zero attached hydrogens (tertiary/aromatic N) is 3. The average Bonchev–Trinajstić information content (AvgIpc) is 1.74. The van der Waals surface area contributed by atoms with Gasteiger partial charge in [-0.1, -0.05) is 173 Å². The molecule has 8 aromatic carbocycles. The van der Waals surface area contributed by atoms with Gasteiger partial charge in [0, 0.05) is 72.6 Å². The van der Waals surface area contributed by atoms with Crippen LogP contribution in [0.2, 0.25) is 0 Å². The number of aliphatic hydroxyl groups excluding tert-OH is 1. The molecule has 117 heavy (non-hydrogen) atoms. The SMILES string of the molecule is C=C(O)C1(N)CCc2ccccc2C1.CC(=O)c1cc2ccccc2cc1N.CC(=O)c1ccccc1-c1ccccc1CN.CC1(C(=O)O)CCOCC1.C[C@@H]1CCN2C(=O)[C@H](CC(=O)O)CC(=O)C12.C[C@@H]1COc2ccccc2N(CC(=O)O)C1=O.C[C@H]1CSc2ccccc2N(CC(=O)O)C1=O.NCc1ccccc1CC(=O)O. The Morgan fingerprint density at radius 2 is 1.09 bits per heavy atom. The first kappa shape index (κ1) is 92.3. The first-order chi connectivity index (χ1) is 55.6. The number of rotatable bonds is 15. The van der Waals surface area contributed by atoms with Gasteiger partial charge in [-0.25, -0.2) is 0 Å². The van der Waals surface area contributed by atoms with Crippen molar-refractivity contribution in [2.45, 2.75) is 129 Å². The van der Waals surface area contributed by atoms with Crippen molar-refractivity contribution in [3.8, 4) is 16.9 Å². The van der Waals surface area contributed by atoms with Crippen LogP contribution in [-0.2, 0) is 80.2 Å². The lowest BCUT2D eigenvalue weighted by molar-refractivity contribution is -0.153. The fourth-order valence-electron chi connectivity index (χ4n) is 14.0. The van der Waals surface area contributed by atoms with Crippen LogP contribution in [0.1, 0.15) is 129 Å². The number of piperidine rings is 1. The molecule has 3 fully saturated rings. The molecular formula is C90H105N7O19S. The maximum Gasteiger partial charge on any atom is 0.323 e. The van der Waals surface area contributed by atoms with Crippen molar-refractivity contribution in [3.63, 3.8) is 0 Å². The van der Waals surface area contributed by atoms with Crippen LogP contribution < -0.4 is 37.5 Å². The smallest absolute Gasteiger partial charge is 0.323 e. The topological polar surface area (TPSA) is 441 Å². The molecule has 6 atom stereocenters. The third-order valence-corrected chi connectivity index (χ3v) is 22.1. The average molecular weight is 1620 g/mol. The first-order valence-corrected chi connectivity index (χ1v) is 39.4. The largest absolute Gasteiger partial charge is 0.511 e. The zero-order valence-corrected chi connectivity index (χ0v) is 67.5. The van der Waals surface area contributed by atoms with Crippen molar-refractivity contribution in [1.29, 1.82) is 0 Å². The van der Waals surface area contributed by atoms with Crippen molar-refractivity contribution < 1.29 is 92.9 Å². The van der Waals surface area contributed by atoms with E-state index in [-0.39, 0.29) is 104 Å². The number of amides is 3. The lowest BCUT2D eigenvalue weighted by Crippen LogP contribution is -2.51. The summed E-state index contributed by atoms with van der Waals surface area (Å²) in [6.07, 6.45) is 4.42. The lowest BCUT2D eigenvalue weighted by Gasteiger charge is -2.34. The van der Waals surface area contributed by atoms with Crippen molar-refractivity contribution in [2.75, 3.05) is 60.7 Å². The number of aliphatic carboxylic acids is 5. The molecule has 6 aliphatic rings. The number of para-hydroxylation sites is 3. The molecule has 27 heteroatoms. The number of ether oxygens (including phenoxy) is 2. The normalized spacial score (nSPS) is 19.2. The van der Waals surface area contributed by atoms with Crippen LogP contribution in [-0.4, -0.2) is 157 Å². The van der Waals surface area contributed by atoms with Gasteiger partial charge in [0.1, 0.15) is 24.6 Å². The van der Waals surface area contributed by atoms with Crippen LogP contribution in [0.4, 0.5) is 17.1 Å². The van der Waals surface area contributed by atoms with Crippen LogP contribution in [0.25, 0.3) is 21.9 Å². The van der Waals surface area contributed by atoms with Gasteiger partial charge in [-0.2, -0.15) is 0 Å². The Balaban J connectivity index is 0.000000186. The molecule has 620 valence electrons. The van der Waals surface area contributed by atoms with Crippen molar-refractivity contribution >= 4 is 105 Å². The molecule has 5 aliphatic heterocycles. The number of nitrogens with two attached hydrogens (primary N) is 4. The quantitative estimate of drug-likeness (QED) is 0.0259. The molecule has 8 aromatic rings. The van der Waals surface area contributed by atoms with E-state index in [1.54, 1.807) is 73.8 Å². The number of Topliss-reactive ketones (excluding diaryl/α,β-unsaturated/α-hetero) is 3. The van der Waals surface area contributed by atoms with E-state index < -0.39 is 46.7 Å². The first-order valence-electron chi connectivity index (χ1n) is 38.4. The van der Waals surface area contributed by atoms with E-state index in [4.69, 9.17) is 57.9 Å². The van der Waals surface area contributed by atoms with E-state index in [1.807, 2.05) is 147 Å². The van der Waals surface area contributed by atoms with E-state index in [0.717, 1.165) is 68.3 Å². The molecule has 0 spiro atoms. The molecule has 0 bridgehead atoms. The predicted molar refractivity (Wildman–Crippen MR) is 449 cm³/mol. The van der Waals surface area contributed by atoms with Crippen LogP contribution in [0.3, 0.4) is 0 Å². The second kappa shape index (κ2) is 43.7. The highest BCUT2D eigenvalue weighted by atomic mass is 32.2. The number of carboxylic acid groups (broad SMARTS) is 5. The van der Waals surface area contributed by atoms with Gasteiger partial charge < -0.3 is 67.9 Å². The number of anilines is 3. The second-order valence-corrected chi connectivity index (χ2v) is 30.6. The van der Waals surface area contributed by atoms with Crippen LogP contribution in [0, 0.1) is 29.1 Å². The molecule has 0 radical (unpaired) electrons. The number of benzene rings is 8. The molecule has 14 N–H and O–H groups in total. The zero-order valence-electron chi connectivity index (χ0n) is 66.7. The molecule has 0 aromatic heterocycles. The molecule has 2 unspecified atom stereocenters. The number of carboxylic acids is 5. The van der Waals surface area contributed by atoms with Gasteiger partial charge in [-0.3, -0.25) is 62.5 Å². The van der Waals surface area contributed by atoms with Gasteiger partial charge in [0.25, 0.3) is 0 Å². The van der Waals surface area contributed by atoms with E-state index in [1.165, 1.54) is 27.9 Å². The number of ketones is 3. The minimum atomic E-state index is -1.04. The zero-order chi connectivity index (χ0) is 85.8. The molecule has 3 amide bonds. The van der Waals surface area contributed by atoms with Crippen LogP contribution in [0.5, 0.6) is 5.75 Å². The number of carbonyl (C=O) groups excluding carboxylic acids is 6. The second-order valence-electron chi connectivity index (χ2n) is 29.6. The fraction of sp³-hybridized carbons (Fsp3) is 0.344. The molecule has 26 nitrogen and oxygen atoms in total. The molecule has 3 saturated heterocycles. The van der Waals surface area contributed by atoms with Gasteiger partial charge in [0.15, 0.2) is 17.3 Å². The summed E-state index contributed by atoms with van der Waals surface area (Å²) >= 11 is 1.60. The number of aryl methyl sites for hydroxylation is 1. The van der Waals surface area contributed by atoms with Gasteiger partial charge >= 0.3 is 29.8 Å². The maximum absolute atomic E-state index is 12.1. The summed E-state index contributed by atoms with van der Waals surface area (Å²) in [6, 6.07) is 56.7. The number of hydrogen-bond acceptors (Lipinski definition) is 19. The Morgan fingerprint density at radius 1 is 0.573 bits per heavy atom. The van der Waals surface area contributed by atoms with E-state index in [2.05, 4.69) is 18.7 Å². The Morgan fingerprint density at radius 3 is 1.68 bits per heavy atom. The summed E-state index contributed by atoms with van der Waals surface area (Å²) in [6.45, 7) is 16.2. The Labute approximate surface area is 684 Å². The standard InChI is InChI=1S/C15H15NO.C12H13NO4.C12H13NO3S.C12H11NO.C12H15NO.C11H15NO4.C9H11NO2.C7H12O3/c1-11(17)13-7-4-5-9-15(13)14-8-3-2-6-12(14)10-16;2*1-8-7-17-10-5-3-2-4-9(10)13(12(8)16)6-11(14)15;1-8(14)11-6-9-4-2-3-5-10(9)7-12(11)13;1-9(14)12(13)7-6-10-4-2-3-5-11(10)8-12;1-6-2-3-12-10(6)8(13)4-7(11(12)16)5-9(14)15;10-6-8-4-2-1-3-7(8)5-9(11)12;1-7(6(8)9)2-4-10-5-3-7/h2-9H,10,16H2,1H3;2*2-5,8H,6-7H2,1H3,(H,14,15);2-7H,13H2,1H3;2-5,14H,1,6-8,13H2;6-7,10H,2-5H2,1H3,(H,14,15);1-4H,5-6,10H2,(H,11,12);2-5H2,1H3,(H,8,9)/t;2*8-;;;6-,7+,10?;;/m.10..1../s1. The summed E-state index contributed by atoms with van der Waals surface area (Å²) < 4.78 is 10.5. The van der Waals surface area contributed by atoms with Gasteiger partial charge in [-0.15, -0.1) is 11.8 Å². The highest BCUT2D eigenvalue weighted by Crippen LogP contribution is 2.38. The van der Waals surface area contributed by atoms with Crippen molar-refractivity contribution in [1.82, 2.24) is 4.90 Å². The number of carbonyl (C=O) groups is 11. The maximum atomic E-state index is 12.1. The Hall–Kier alpha value is -11.9. The number of aliphatic hydroxyl groups is 1. The van der Waals surface area contributed by atoms with Crippen LogP contribution >= 0.6 is 11.8 Å². The Bertz CT molecular complexity index is 4810. The summed E-state index contributed by atoms with van der Waals surface area (Å²) in [5.41, 5.74) is 32.3. The summed E-state index contributed by atoms with van der Waals surface area (Å²) in [5, 5.41) is 55.3. The predicted octanol–water partition coefficient (Wildman–Crippen LogP) is 12.5. The van der Waals surface area contributed by atoms with Crippen LogP contribution in [0.15, 0.2) is 199 Å². The van der Waals surface area contributed by atoms with E-state index >= 15 is 0 Å². The third kappa shape index (κ3) is 25.8. The molecule has 5 heterocycles. The van der Waals surface area contributed by atoms with Crippen molar-refractivity contribution in [2.24, 2.45) is 46.3 Å². The lowest BCUT2D eigenvalue weighted by atomic mass is 9.78. The number of hydrogen-bond donors (Lipinski definition) is 10. The monoisotopic (exact) mass is 1620 g/mol. The van der Waals surface area contributed by atoms with Gasteiger partial charge in [0.2, 0.25) is 17.7 Å². The number of nitrogen functional groups attached to an aromatic ring is 1. The van der Waals surface area contributed by atoms with Crippen molar-refractivity contribution in [3.05, 3.63) is 233 Å². The molecule has 1 aliphatic carbocycles. The Kier molecular flexibility index (Phi) is 34.5. The van der Waals surface area contributed by atoms with E-state index in [9.17, 15) is 57.8 Å². The van der Waals surface area contributed by atoms with Gasteiger partial charge in [-0.05, 0) is 151 Å².